The van der Waals surface area contributed by atoms with Gasteiger partial charge in [0.2, 0.25) is 0 Å². The van der Waals surface area contributed by atoms with Gasteiger partial charge in [-0.25, -0.2) is 23.1 Å². The maximum absolute atomic E-state index is 14.7. The van der Waals surface area contributed by atoms with Crippen molar-refractivity contribution in [1.29, 1.82) is 0 Å². The summed E-state index contributed by atoms with van der Waals surface area (Å²) in [5, 5.41) is 1.42. The fraction of sp³-hybridized carbons (Fsp3) is 0.346. The molecule has 7 nitrogen and oxygen atoms in total. The molecule has 1 saturated heterocycles. The Labute approximate surface area is 204 Å². The lowest BCUT2D eigenvalue weighted by Gasteiger charge is -2.22. The van der Waals surface area contributed by atoms with Crippen LogP contribution < -0.4 is 5.73 Å². The van der Waals surface area contributed by atoms with Gasteiger partial charge in [0.1, 0.15) is 35.8 Å². The van der Waals surface area contributed by atoms with Gasteiger partial charge in [0.25, 0.3) is 6.43 Å². The zero-order valence-corrected chi connectivity index (χ0v) is 19.7. The first kappa shape index (κ1) is 22.9. The van der Waals surface area contributed by atoms with Gasteiger partial charge in [0, 0.05) is 29.4 Å². The third-order valence-corrected chi connectivity index (χ3v) is 6.98. The number of alkyl halides is 2. The number of hydrogen-bond acceptors (Lipinski definition) is 6. The fourth-order valence-corrected chi connectivity index (χ4v) is 5.40. The molecule has 0 saturated carbocycles. The van der Waals surface area contributed by atoms with E-state index in [0.29, 0.717) is 35.3 Å². The highest BCUT2D eigenvalue weighted by Gasteiger charge is 2.50. The topological polar surface area (TPSA) is 88.1 Å². The lowest BCUT2D eigenvalue weighted by atomic mass is 9.96. The first-order valence-corrected chi connectivity index (χ1v) is 11.7. The van der Waals surface area contributed by atoms with E-state index >= 15 is 0 Å². The van der Waals surface area contributed by atoms with E-state index in [2.05, 4.69) is 21.0 Å². The minimum Gasteiger partial charge on any atom is -0.383 e. The zero-order chi connectivity index (χ0) is 25.2. The van der Waals surface area contributed by atoms with Crippen molar-refractivity contribution in [2.24, 2.45) is 0 Å². The molecule has 1 aromatic carbocycles. The van der Waals surface area contributed by atoms with Crippen LogP contribution in [0.1, 0.15) is 43.9 Å². The number of rotatable bonds is 5. The van der Waals surface area contributed by atoms with E-state index in [1.54, 1.807) is 0 Å². The van der Waals surface area contributed by atoms with E-state index in [4.69, 9.17) is 15.2 Å². The Kier molecular flexibility index (Phi) is 5.27. The van der Waals surface area contributed by atoms with Gasteiger partial charge in [-0.15, -0.1) is 0 Å². The SMILES string of the molecule is CC1(C)O[C@@H]2[C@H](O1)C(CCc1cc(C(F)F)c(F)c3ccncc13)=C[C@H]2n1ccc2c(N)ncnc21. The summed E-state index contributed by atoms with van der Waals surface area (Å²) in [6.07, 6.45) is 5.74. The molecular formula is C26H24F3N5O2. The monoisotopic (exact) mass is 495 g/mol. The number of halogens is 3. The molecule has 0 bridgehead atoms. The molecule has 1 aliphatic heterocycles. The van der Waals surface area contributed by atoms with Crippen LogP contribution in [0.2, 0.25) is 0 Å². The van der Waals surface area contributed by atoms with E-state index in [9.17, 15) is 13.2 Å². The second kappa shape index (κ2) is 8.28. The van der Waals surface area contributed by atoms with Gasteiger partial charge in [-0.2, -0.15) is 0 Å². The summed E-state index contributed by atoms with van der Waals surface area (Å²) in [5.41, 5.74) is 7.71. The second-order valence-electron chi connectivity index (χ2n) is 9.63. The van der Waals surface area contributed by atoms with Crippen molar-refractivity contribution in [3.8, 4) is 0 Å². The summed E-state index contributed by atoms with van der Waals surface area (Å²) in [6.45, 7) is 3.73. The Morgan fingerprint density at radius 1 is 1.11 bits per heavy atom. The maximum atomic E-state index is 14.7. The minimum absolute atomic E-state index is 0.145. The molecule has 3 aromatic heterocycles. The van der Waals surface area contributed by atoms with Crippen LogP contribution in [0, 0.1) is 5.82 Å². The highest BCUT2D eigenvalue weighted by molar-refractivity contribution is 5.87. The maximum Gasteiger partial charge on any atom is 0.266 e. The van der Waals surface area contributed by atoms with E-state index < -0.39 is 23.6 Å². The molecule has 0 radical (unpaired) electrons. The smallest absolute Gasteiger partial charge is 0.266 e. The Bertz CT molecular complexity index is 1520. The molecule has 2 aliphatic rings. The molecule has 36 heavy (non-hydrogen) atoms. The number of nitrogen functional groups attached to an aromatic ring is 1. The van der Waals surface area contributed by atoms with Gasteiger partial charge >= 0.3 is 0 Å². The molecule has 1 fully saturated rings. The normalized spacial score (nSPS) is 23.1. The number of nitrogens with zero attached hydrogens (tertiary/aromatic N) is 4. The van der Waals surface area contributed by atoms with Crippen molar-refractivity contribution in [2.45, 2.75) is 57.2 Å². The summed E-state index contributed by atoms with van der Waals surface area (Å²) in [5.74, 6) is -1.30. The highest BCUT2D eigenvalue weighted by atomic mass is 19.3. The average molecular weight is 496 g/mol. The summed E-state index contributed by atoms with van der Waals surface area (Å²) in [6, 6.07) is 4.35. The van der Waals surface area contributed by atoms with Crippen molar-refractivity contribution in [3.05, 3.63) is 71.7 Å². The summed E-state index contributed by atoms with van der Waals surface area (Å²) in [4.78, 5) is 12.6. The average Bonchev–Trinajstić information content (AvgIpc) is 3.50. The molecule has 0 unspecified atom stereocenters. The van der Waals surface area contributed by atoms with Crippen molar-refractivity contribution in [3.63, 3.8) is 0 Å². The van der Waals surface area contributed by atoms with E-state index in [1.807, 2.05) is 30.7 Å². The molecule has 1 aliphatic carbocycles. The first-order chi connectivity index (χ1) is 17.2. The van der Waals surface area contributed by atoms with Crippen LogP contribution in [0.15, 0.2) is 54.8 Å². The number of anilines is 1. The van der Waals surface area contributed by atoms with Crippen LogP contribution in [0.5, 0.6) is 0 Å². The van der Waals surface area contributed by atoms with Gasteiger partial charge in [0.05, 0.1) is 17.0 Å². The quantitative estimate of drug-likeness (QED) is 0.380. The molecule has 3 atom stereocenters. The number of benzene rings is 1. The molecule has 186 valence electrons. The van der Waals surface area contributed by atoms with Crippen LogP contribution in [0.3, 0.4) is 0 Å². The molecule has 0 amide bonds. The number of nitrogens with two attached hydrogens (primary N) is 1. The van der Waals surface area contributed by atoms with E-state index in [0.717, 1.165) is 11.0 Å². The van der Waals surface area contributed by atoms with Crippen molar-refractivity contribution >= 4 is 27.6 Å². The zero-order valence-electron chi connectivity index (χ0n) is 19.7. The van der Waals surface area contributed by atoms with Crippen molar-refractivity contribution in [1.82, 2.24) is 19.5 Å². The fourth-order valence-electron chi connectivity index (χ4n) is 5.40. The predicted molar refractivity (Wildman–Crippen MR) is 128 cm³/mol. The summed E-state index contributed by atoms with van der Waals surface area (Å²) >= 11 is 0. The molecule has 4 aromatic rings. The van der Waals surface area contributed by atoms with Gasteiger partial charge in [0.15, 0.2) is 5.79 Å². The first-order valence-electron chi connectivity index (χ1n) is 11.7. The molecule has 6 rings (SSSR count). The molecule has 4 heterocycles. The van der Waals surface area contributed by atoms with Gasteiger partial charge < -0.3 is 19.8 Å². The number of hydrogen-bond donors (Lipinski definition) is 1. The Hall–Kier alpha value is -3.50. The molecule has 10 heteroatoms. The van der Waals surface area contributed by atoms with Crippen LogP contribution in [0.25, 0.3) is 21.8 Å². The van der Waals surface area contributed by atoms with Crippen LogP contribution >= 0.6 is 0 Å². The summed E-state index contributed by atoms with van der Waals surface area (Å²) in [7, 11) is 0. The molecule has 0 spiro atoms. The number of aryl methyl sites for hydroxylation is 1. The number of aromatic nitrogens is 4. The third-order valence-electron chi connectivity index (χ3n) is 6.98. The lowest BCUT2D eigenvalue weighted by Crippen LogP contribution is -2.27. The number of fused-ring (bicyclic) bond motifs is 3. The van der Waals surface area contributed by atoms with Crippen LogP contribution in [-0.4, -0.2) is 37.5 Å². The molecule has 2 N–H and O–H groups in total. The second-order valence-corrected chi connectivity index (χ2v) is 9.63. The van der Waals surface area contributed by atoms with E-state index in [-0.39, 0.29) is 23.6 Å². The third kappa shape index (κ3) is 3.63. The van der Waals surface area contributed by atoms with Crippen molar-refractivity contribution < 1.29 is 22.6 Å². The van der Waals surface area contributed by atoms with E-state index in [1.165, 1.54) is 30.9 Å². The number of pyridine rings is 1. The van der Waals surface area contributed by atoms with Crippen LogP contribution in [0.4, 0.5) is 19.0 Å². The van der Waals surface area contributed by atoms with Gasteiger partial charge in [-0.05, 0) is 56.0 Å². The molecular weight excluding hydrogens is 471 g/mol. The highest BCUT2D eigenvalue weighted by Crippen LogP contribution is 2.45. The Morgan fingerprint density at radius 2 is 1.94 bits per heavy atom. The standard InChI is InChI=1S/C26H24F3N5O2/c1-26(2)35-21-14(4-3-13-9-17(23(28)29)20(27)15-5-7-31-11-18(13)15)10-19(22(21)36-26)34-8-6-16-24(30)32-12-33-25(16)34/h5-12,19,21-23H,3-4H2,1-2H3,(H2,30,32,33)/t19-,21-,22+/m1/s1. The van der Waals surface area contributed by atoms with Gasteiger partial charge in [-0.3, -0.25) is 4.98 Å². The Balaban J connectivity index is 1.37. The largest absolute Gasteiger partial charge is 0.383 e. The predicted octanol–water partition coefficient (Wildman–Crippen LogP) is 5.27. The van der Waals surface area contributed by atoms with Crippen LogP contribution in [-0.2, 0) is 15.9 Å². The van der Waals surface area contributed by atoms with Gasteiger partial charge in [-0.1, -0.05) is 6.08 Å². The lowest BCUT2D eigenvalue weighted by molar-refractivity contribution is -0.147. The summed E-state index contributed by atoms with van der Waals surface area (Å²) < 4.78 is 56.4. The minimum atomic E-state index is -2.91. The van der Waals surface area contributed by atoms with Crippen molar-refractivity contribution in [2.75, 3.05) is 5.73 Å². The number of ether oxygens (including phenoxy) is 2. The Morgan fingerprint density at radius 3 is 2.75 bits per heavy atom.